The van der Waals surface area contributed by atoms with Gasteiger partial charge in [-0.1, -0.05) is 30.3 Å². The van der Waals surface area contributed by atoms with Crippen molar-refractivity contribution in [1.82, 2.24) is 5.43 Å². The first-order valence-corrected chi connectivity index (χ1v) is 9.48. The molecule has 0 aliphatic heterocycles. The lowest BCUT2D eigenvalue weighted by atomic mass is 10.2. The van der Waals surface area contributed by atoms with Crippen molar-refractivity contribution in [2.75, 3.05) is 17.2 Å². The highest BCUT2D eigenvalue weighted by Crippen LogP contribution is 2.13. The maximum Gasteiger partial charge on any atom is 0.329 e. The topological polar surface area (TPSA) is 109 Å². The van der Waals surface area contributed by atoms with Crippen LogP contribution in [-0.4, -0.2) is 30.5 Å². The summed E-state index contributed by atoms with van der Waals surface area (Å²) in [6.45, 7) is -0.157. The molecule has 8 nitrogen and oxygen atoms in total. The third-order valence-corrected chi connectivity index (χ3v) is 4.02. The molecule has 9 heteroatoms. The number of hydrazone groups is 1. The van der Waals surface area contributed by atoms with Gasteiger partial charge in [0.15, 0.2) is 6.61 Å². The minimum absolute atomic E-state index is 0.107. The zero-order chi connectivity index (χ0) is 22.8. The average molecular weight is 434 g/mol. The van der Waals surface area contributed by atoms with Crippen LogP contribution in [-0.2, 0) is 14.4 Å². The van der Waals surface area contributed by atoms with Gasteiger partial charge in [0.25, 0.3) is 5.91 Å². The van der Waals surface area contributed by atoms with Gasteiger partial charge in [0, 0.05) is 5.69 Å². The first-order chi connectivity index (χ1) is 15.5. The largest absolute Gasteiger partial charge is 0.484 e. The zero-order valence-electron chi connectivity index (χ0n) is 16.7. The second-order valence-corrected chi connectivity index (χ2v) is 6.41. The second kappa shape index (κ2) is 11.0. The number of nitrogens with zero attached hydrogens (tertiary/aromatic N) is 1. The Bertz CT molecular complexity index is 1120. The summed E-state index contributed by atoms with van der Waals surface area (Å²) >= 11 is 0. The molecule has 0 saturated heterocycles. The summed E-state index contributed by atoms with van der Waals surface area (Å²) in [6, 6.07) is 21.1. The first-order valence-electron chi connectivity index (χ1n) is 9.48. The number of para-hydroxylation sites is 2. The Balaban J connectivity index is 1.43. The molecular weight excluding hydrogens is 415 g/mol. The molecule has 0 saturated carbocycles. The van der Waals surface area contributed by atoms with Gasteiger partial charge in [-0.3, -0.25) is 14.4 Å². The lowest BCUT2D eigenvalue weighted by Crippen LogP contribution is -2.32. The van der Waals surface area contributed by atoms with Crippen molar-refractivity contribution < 1.29 is 23.5 Å². The van der Waals surface area contributed by atoms with Crippen LogP contribution in [0.2, 0.25) is 0 Å². The predicted octanol–water partition coefficient (Wildman–Crippen LogP) is 2.93. The molecule has 162 valence electrons. The van der Waals surface area contributed by atoms with Gasteiger partial charge in [0.2, 0.25) is 0 Å². The molecular formula is C23H19FN4O4. The van der Waals surface area contributed by atoms with E-state index in [-0.39, 0.29) is 18.2 Å². The van der Waals surface area contributed by atoms with Crippen LogP contribution in [0.4, 0.5) is 15.8 Å². The highest BCUT2D eigenvalue weighted by atomic mass is 19.1. The number of hydrogen-bond acceptors (Lipinski definition) is 5. The van der Waals surface area contributed by atoms with Crippen molar-refractivity contribution in [3.8, 4) is 5.75 Å². The number of benzene rings is 3. The van der Waals surface area contributed by atoms with Gasteiger partial charge < -0.3 is 15.4 Å². The van der Waals surface area contributed by atoms with Crippen molar-refractivity contribution in [2.24, 2.45) is 5.10 Å². The van der Waals surface area contributed by atoms with E-state index in [0.29, 0.717) is 17.0 Å². The van der Waals surface area contributed by atoms with E-state index in [2.05, 4.69) is 21.2 Å². The number of hydrogen-bond donors (Lipinski definition) is 3. The minimum atomic E-state index is -1.05. The Kier molecular flexibility index (Phi) is 7.63. The van der Waals surface area contributed by atoms with E-state index in [0.717, 1.165) is 6.07 Å². The molecule has 0 bridgehead atoms. The molecule has 0 aromatic heterocycles. The fourth-order valence-corrected chi connectivity index (χ4v) is 2.48. The van der Waals surface area contributed by atoms with E-state index in [1.54, 1.807) is 36.4 Å². The van der Waals surface area contributed by atoms with Gasteiger partial charge in [-0.15, -0.1) is 0 Å². The number of nitrogens with one attached hydrogen (secondary N) is 3. The van der Waals surface area contributed by atoms with Crippen molar-refractivity contribution in [3.05, 3.63) is 90.2 Å². The molecule has 3 amide bonds. The molecule has 0 heterocycles. The lowest BCUT2D eigenvalue weighted by molar-refractivity contribution is -0.136. The number of halogens is 1. The molecule has 0 atom stereocenters. The predicted molar refractivity (Wildman–Crippen MR) is 118 cm³/mol. The standard InChI is InChI=1S/C23H19FN4O4/c24-19-8-4-5-9-20(19)27-22(30)23(31)28-25-14-16-10-12-18(13-11-16)32-15-21(29)26-17-6-2-1-3-7-17/h1-14H,15H2,(H,26,29)(H,27,30)(H,28,31)/b25-14-. The van der Waals surface area contributed by atoms with E-state index in [1.807, 2.05) is 18.2 Å². The van der Waals surface area contributed by atoms with Gasteiger partial charge in [0.05, 0.1) is 11.9 Å². The Morgan fingerprint density at radius 2 is 1.53 bits per heavy atom. The number of ether oxygens (including phenoxy) is 1. The highest BCUT2D eigenvalue weighted by Gasteiger charge is 2.14. The molecule has 0 aliphatic carbocycles. The lowest BCUT2D eigenvalue weighted by Gasteiger charge is -2.07. The van der Waals surface area contributed by atoms with Crippen LogP contribution in [0.3, 0.4) is 0 Å². The van der Waals surface area contributed by atoms with Crippen LogP contribution < -0.4 is 20.8 Å². The van der Waals surface area contributed by atoms with Gasteiger partial charge >= 0.3 is 11.8 Å². The summed E-state index contributed by atoms with van der Waals surface area (Å²) in [7, 11) is 0. The smallest absolute Gasteiger partial charge is 0.329 e. The van der Waals surface area contributed by atoms with Crippen molar-refractivity contribution in [3.63, 3.8) is 0 Å². The summed E-state index contributed by atoms with van der Waals surface area (Å²) in [5.74, 6) is -2.58. The second-order valence-electron chi connectivity index (χ2n) is 6.41. The summed E-state index contributed by atoms with van der Waals surface area (Å²) in [5, 5.41) is 8.56. The van der Waals surface area contributed by atoms with Crippen LogP contribution in [0.25, 0.3) is 0 Å². The average Bonchev–Trinajstić information content (AvgIpc) is 2.80. The molecule has 32 heavy (non-hydrogen) atoms. The monoisotopic (exact) mass is 434 g/mol. The summed E-state index contributed by atoms with van der Waals surface area (Å²) in [4.78, 5) is 35.4. The number of carbonyl (C=O) groups excluding carboxylic acids is 3. The molecule has 0 radical (unpaired) electrons. The quantitative estimate of drug-likeness (QED) is 0.302. The Morgan fingerprint density at radius 3 is 2.25 bits per heavy atom. The van der Waals surface area contributed by atoms with E-state index in [9.17, 15) is 18.8 Å². The number of amides is 3. The van der Waals surface area contributed by atoms with Gasteiger partial charge in [-0.2, -0.15) is 5.10 Å². The molecule has 0 unspecified atom stereocenters. The molecule has 3 aromatic carbocycles. The normalized spacial score (nSPS) is 10.4. The summed E-state index contributed by atoms with van der Waals surface area (Å²) in [5.41, 5.74) is 3.24. The van der Waals surface area contributed by atoms with Crippen LogP contribution in [0.1, 0.15) is 5.56 Å². The van der Waals surface area contributed by atoms with Crippen LogP contribution in [0, 0.1) is 5.82 Å². The third kappa shape index (κ3) is 6.77. The third-order valence-electron chi connectivity index (χ3n) is 4.02. The molecule has 3 N–H and O–H groups in total. The molecule has 0 spiro atoms. The molecule has 0 aliphatic rings. The Morgan fingerprint density at radius 1 is 0.844 bits per heavy atom. The van der Waals surface area contributed by atoms with E-state index in [1.165, 1.54) is 24.4 Å². The van der Waals surface area contributed by atoms with Crippen LogP contribution in [0.15, 0.2) is 84.0 Å². The number of carbonyl (C=O) groups is 3. The molecule has 0 fully saturated rings. The van der Waals surface area contributed by atoms with Crippen LogP contribution in [0.5, 0.6) is 5.75 Å². The molecule has 3 rings (SSSR count). The van der Waals surface area contributed by atoms with Crippen molar-refractivity contribution in [2.45, 2.75) is 0 Å². The van der Waals surface area contributed by atoms with Gasteiger partial charge in [-0.25, -0.2) is 9.82 Å². The van der Waals surface area contributed by atoms with Crippen molar-refractivity contribution >= 4 is 35.3 Å². The zero-order valence-corrected chi connectivity index (χ0v) is 16.7. The van der Waals surface area contributed by atoms with E-state index >= 15 is 0 Å². The fourth-order valence-electron chi connectivity index (χ4n) is 2.48. The first kappa shape index (κ1) is 22.2. The maximum absolute atomic E-state index is 13.5. The van der Waals surface area contributed by atoms with Gasteiger partial charge in [0.1, 0.15) is 11.6 Å². The van der Waals surface area contributed by atoms with E-state index in [4.69, 9.17) is 4.74 Å². The van der Waals surface area contributed by atoms with E-state index < -0.39 is 17.6 Å². The Labute approximate surface area is 183 Å². The van der Waals surface area contributed by atoms with Crippen molar-refractivity contribution in [1.29, 1.82) is 0 Å². The summed E-state index contributed by atoms with van der Waals surface area (Å²) < 4.78 is 18.9. The molecule has 3 aromatic rings. The highest BCUT2D eigenvalue weighted by molar-refractivity contribution is 6.39. The fraction of sp³-hybridized carbons (Fsp3) is 0.0435. The van der Waals surface area contributed by atoms with Gasteiger partial charge in [-0.05, 0) is 54.1 Å². The maximum atomic E-state index is 13.5. The number of rotatable bonds is 7. The van der Waals surface area contributed by atoms with Crippen LogP contribution >= 0.6 is 0 Å². The summed E-state index contributed by atoms with van der Waals surface area (Å²) in [6.07, 6.45) is 1.32. The number of anilines is 2. The Hall–Kier alpha value is -4.53. The minimum Gasteiger partial charge on any atom is -0.484 e. The SMILES string of the molecule is O=C(COc1ccc(/C=N\NC(=O)C(=O)Nc2ccccc2F)cc1)Nc1ccccc1.